The van der Waals surface area contributed by atoms with Crippen molar-refractivity contribution in [3.63, 3.8) is 0 Å². The van der Waals surface area contributed by atoms with Crippen LogP contribution in [0.1, 0.15) is 18.2 Å². The van der Waals surface area contributed by atoms with Crippen LogP contribution in [0.4, 0.5) is 0 Å². The van der Waals surface area contributed by atoms with Crippen LogP contribution in [0, 0.1) is 18.3 Å². The number of nitriles is 1. The van der Waals surface area contributed by atoms with E-state index in [-0.39, 0.29) is 0 Å². The van der Waals surface area contributed by atoms with Crippen LogP contribution in [0.2, 0.25) is 0 Å². The van der Waals surface area contributed by atoms with Gasteiger partial charge in [-0.25, -0.2) is 4.98 Å². The summed E-state index contributed by atoms with van der Waals surface area (Å²) < 4.78 is 10.6. The van der Waals surface area contributed by atoms with E-state index in [4.69, 9.17) is 9.47 Å². The van der Waals surface area contributed by atoms with Crippen molar-refractivity contribution in [2.75, 3.05) is 7.11 Å². The largest absolute Gasteiger partial charge is 0.464 e. The third-order valence-corrected chi connectivity index (χ3v) is 3.64. The van der Waals surface area contributed by atoms with Gasteiger partial charge in [-0.1, -0.05) is 0 Å². The second-order valence-electron chi connectivity index (χ2n) is 5.44. The van der Waals surface area contributed by atoms with Crippen LogP contribution in [-0.4, -0.2) is 33.6 Å². The van der Waals surface area contributed by atoms with Gasteiger partial charge < -0.3 is 9.47 Å². The van der Waals surface area contributed by atoms with Crippen molar-refractivity contribution < 1.29 is 9.47 Å². The van der Waals surface area contributed by atoms with Gasteiger partial charge in [-0.2, -0.15) is 10.4 Å². The standard InChI is InChI=1S/C18H17N5O2/c1-11-8-14(6-7-20-11)18-21-17(22-23-18)13-4-5-16(15(9-13)10-19)25-12(2)24-3/h4-9,12H,1-3H3,(H,21,22,23). The number of nitrogens with zero attached hydrogens (tertiary/aromatic N) is 4. The molecule has 0 saturated heterocycles. The summed E-state index contributed by atoms with van der Waals surface area (Å²) in [4.78, 5) is 8.67. The molecule has 25 heavy (non-hydrogen) atoms. The minimum absolute atomic E-state index is 0.402. The maximum absolute atomic E-state index is 9.37. The Labute approximate surface area is 145 Å². The van der Waals surface area contributed by atoms with Crippen molar-refractivity contribution in [1.82, 2.24) is 20.2 Å². The Hall–Kier alpha value is -3.24. The molecule has 3 aromatic rings. The fourth-order valence-corrected chi connectivity index (χ4v) is 2.30. The van der Waals surface area contributed by atoms with Crippen LogP contribution in [0.3, 0.4) is 0 Å². The molecule has 1 N–H and O–H groups in total. The van der Waals surface area contributed by atoms with Gasteiger partial charge in [0.15, 0.2) is 17.9 Å². The van der Waals surface area contributed by atoms with Gasteiger partial charge in [0.25, 0.3) is 0 Å². The minimum Gasteiger partial charge on any atom is -0.464 e. The number of aromatic amines is 1. The number of hydrogen-bond acceptors (Lipinski definition) is 6. The van der Waals surface area contributed by atoms with E-state index < -0.39 is 6.29 Å². The first-order valence-corrected chi connectivity index (χ1v) is 7.70. The second-order valence-corrected chi connectivity index (χ2v) is 5.44. The van der Waals surface area contributed by atoms with Crippen LogP contribution in [-0.2, 0) is 4.74 Å². The number of nitrogens with one attached hydrogen (secondary N) is 1. The van der Waals surface area contributed by atoms with Crippen molar-refractivity contribution in [2.24, 2.45) is 0 Å². The molecule has 0 aliphatic carbocycles. The number of hydrogen-bond donors (Lipinski definition) is 1. The fraction of sp³-hybridized carbons (Fsp3) is 0.222. The third kappa shape index (κ3) is 3.65. The molecule has 0 aliphatic heterocycles. The number of pyridine rings is 1. The normalized spacial score (nSPS) is 11.8. The average molecular weight is 335 g/mol. The molecule has 0 radical (unpaired) electrons. The summed E-state index contributed by atoms with van der Waals surface area (Å²) >= 11 is 0. The van der Waals surface area contributed by atoms with Gasteiger partial charge in [-0.3, -0.25) is 10.1 Å². The summed E-state index contributed by atoms with van der Waals surface area (Å²) in [5.41, 5.74) is 2.92. The summed E-state index contributed by atoms with van der Waals surface area (Å²) in [5.74, 6) is 1.62. The lowest BCUT2D eigenvalue weighted by Gasteiger charge is -2.14. The van der Waals surface area contributed by atoms with Crippen molar-refractivity contribution in [1.29, 1.82) is 5.26 Å². The van der Waals surface area contributed by atoms with Crippen molar-refractivity contribution in [3.05, 3.63) is 47.8 Å². The van der Waals surface area contributed by atoms with E-state index in [0.29, 0.717) is 23.0 Å². The molecule has 1 aromatic carbocycles. The van der Waals surface area contributed by atoms with Gasteiger partial charge >= 0.3 is 0 Å². The highest BCUT2D eigenvalue weighted by molar-refractivity contribution is 5.64. The highest BCUT2D eigenvalue weighted by atomic mass is 16.7. The number of aryl methyl sites for hydroxylation is 1. The zero-order valence-corrected chi connectivity index (χ0v) is 14.1. The van der Waals surface area contributed by atoms with E-state index in [1.54, 1.807) is 32.4 Å². The zero-order valence-electron chi connectivity index (χ0n) is 14.1. The van der Waals surface area contributed by atoms with E-state index in [1.807, 2.05) is 25.1 Å². The number of ether oxygens (including phenoxy) is 2. The van der Waals surface area contributed by atoms with Crippen LogP contribution in [0.5, 0.6) is 5.75 Å². The topological polar surface area (TPSA) is 96.7 Å². The first kappa shape index (κ1) is 16.6. The highest BCUT2D eigenvalue weighted by Gasteiger charge is 2.13. The van der Waals surface area contributed by atoms with Crippen LogP contribution in [0.25, 0.3) is 22.8 Å². The monoisotopic (exact) mass is 335 g/mol. The number of aromatic nitrogens is 4. The molecule has 7 heteroatoms. The van der Waals surface area contributed by atoms with Crippen molar-refractivity contribution in [2.45, 2.75) is 20.1 Å². The molecule has 2 aromatic heterocycles. The summed E-state index contributed by atoms with van der Waals surface area (Å²) in [6.07, 6.45) is 1.28. The molecule has 0 amide bonds. The lowest BCUT2D eigenvalue weighted by molar-refractivity contribution is -0.0384. The van der Waals surface area contributed by atoms with Crippen molar-refractivity contribution >= 4 is 0 Å². The lowest BCUT2D eigenvalue weighted by Crippen LogP contribution is -2.14. The lowest BCUT2D eigenvalue weighted by atomic mass is 10.1. The summed E-state index contributed by atoms with van der Waals surface area (Å²) in [7, 11) is 1.54. The second kappa shape index (κ2) is 7.11. The van der Waals surface area contributed by atoms with Gasteiger partial charge in [-0.05, 0) is 44.2 Å². The van der Waals surface area contributed by atoms with Crippen molar-refractivity contribution in [3.8, 4) is 34.6 Å². The van der Waals surface area contributed by atoms with Gasteiger partial charge in [0.05, 0.1) is 5.56 Å². The molecule has 1 unspecified atom stereocenters. The molecule has 3 rings (SSSR count). The Morgan fingerprint density at radius 3 is 2.76 bits per heavy atom. The molecule has 0 saturated carbocycles. The fourth-order valence-electron chi connectivity index (χ4n) is 2.30. The third-order valence-electron chi connectivity index (χ3n) is 3.64. The van der Waals surface area contributed by atoms with Crippen LogP contribution in [0.15, 0.2) is 36.5 Å². The molecule has 0 bridgehead atoms. The molecular weight excluding hydrogens is 318 g/mol. The van der Waals surface area contributed by atoms with E-state index in [1.165, 1.54) is 0 Å². The SMILES string of the molecule is COC(C)Oc1ccc(-c2nc(-c3ccnc(C)c3)n[nH]2)cc1C#N. The number of methoxy groups -OCH3 is 1. The zero-order chi connectivity index (χ0) is 17.8. The summed E-state index contributed by atoms with van der Waals surface area (Å²) in [6.45, 7) is 3.67. The predicted molar refractivity (Wildman–Crippen MR) is 91.6 cm³/mol. The first-order chi connectivity index (χ1) is 12.1. The molecule has 2 heterocycles. The first-order valence-electron chi connectivity index (χ1n) is 7.70. The molecule has 0 aliphatic rings. The van der Waals surface area contributed by atoms with E-state index >= 15 is 0 Å². The molecule has 0 spiro atoms. The number of rotatable bonds is 5. The maximum Gasteiger partial charge on any atom is 0.196 e. The summed E-state index contributed by atoms with van der Waals surface area (Å²) in [5, 5.41) is 16.5. The quantitative estimate of drug-likeness (QED) is 0.720. The average Bonchev–Trinajstić information content (AvgIpc) is 3.12. The Bertz CT molecular complexity index is 929. The molecule has 1 atom stereocenters. The van der Waals surface area contributed by atoms with E-state index in [0.717, 1.165) is 16.8 Å². The molecule has 7 nitrogen and oxygen atoms in total. The Kier molecular flexibility index (Phi) is 4.73. The Morgan fingerprint density at radius 2 is 2.04 bits per heavy atom. The van der Waals surface area contributed by atoms with E-state index in [9.17, 15) is 5.26 Å². The Morgan fingerprint density at radius 1 is 1.20 bits per heavy atom. The molecule has 0 fully saturated rings. The molecule has 126 valence electrons. The van der Waals surface area contributed by atoms with Crippen LogP contribution < -0.4 is 4.74 Å². The van der Waals surface area contributed by atoms with Gasteiger partial charge in [0.1, 0.15) is 11.8 Å². The maximum atomic E-state index is 9.37. The number of H-pyrrole nitrogens is 1. The van der Waals surface area contributed by atoms with Gasteiger partial charge in [0, 0.05) is 30.1 Å². The molecular formula is C18H17N5O2. The Balaban J connectivity index is 1.91. The summed E-state index contributed by atoms with van der Waals surface area (Å²) in [6, 6.07) is 11.1. The highest BCUT2D eigenvalue weighted by Crippen LogP contribution is 2.26. The van der Waals surface area contributed by atoms with Crippen LogP contribution >= 0.6 is 0 Å². The van der Waals surface area contributed by atoms with Gasteiger partial charge in [0.2, 0.25) is 0 Å². The smallest absolute Gasteiger partial charge is 0.196 e. The van der Waals surface area contributed by atoms with Gasteiger partial charge in [-0.15, -0.1) is 0 Å². The minimum atomic E-state index is -0.440. The predicted octanol–water partition coefficient (Wildman–Crippen LogP) is 3.09. The number of benzene rings is 1. The van der Waals surface area contributed by atoms with E-state index in [2.05, 4.69) is 26.2 Å².